The predicted octanol–water partition coefficient (Wildman–Crippen LogP) is 0.666. The van der Waals surface area contributed by atoms with Crippen LogP contribution in [0.15, 0.2) is 22.1 Å². The molecule has 0 aliphatic carbocycles. The molecule has 0 radical (unpaired) electrons. The van der Waals surface area contributed by atoms with Crippen molar-refractivity contribution in [3.63, 3.8) is 0 Å². The number of fused-ring (bicyclic) bond motifs is 1. The molecule has 52 valence electrons. The van der Waals surface area contributed by atoms with Gasteiger partial charge in [-0.1, -0.05) is 0 Å². The van der Waals surface area contributed by atoms with Gasteiger partial charge in [-0.2, -0.15) is 9.52 Å². The highest BCUT2D eigenvalue weighted by Gasteiger charge is 2.19. The summed E-state index contributed by atoms with van der Waals surface area (Å²) in [5, 5.41) is 4.05. The average Bonchev–Trinajstić information content (AvgIpc) is 2.27. The molecule has 2 aliphatic rings. The molecule has 2 aliphatic heterocycles. The smallest absolute Gasteiger partial charge is 0.179 e. The molecule has 0 atom stereocenters. The molecule has 0 fully saturated rings. The third-order valence-electron chi connectivity index (χ3n) is 1.14. The van der Waals surface area contributed by atoms with Crippen molar-refractivity contribution in [2.24, 2.45) is 10.1 Å². The summed E-state index contributed by atoms with van der Waals surface area (Å²) < 4.78 is 3.72. The molecule has 0 spiro atoms. The van der Waals surface area contributed by atoms with Crippen molar-refractivity contribution in [2.75, 3.05) is 7.05 Å². The summed E-state index contributed by atoms with van der Waals surface area (Å²) in [5.74, 6) is 0.884. The molecule has 4 nitrogen and oxygen atoms in total. The molecule has 0 bridgehead atoms. The number of hydrazone groups is 1. The minimum Gasteiger partial charge on any atom is -0.303 e. The van der Waals surface area contributed by atoms with Crippen LogP contribution in [0.1, 0.15) is 0 Å². The second-order valence-electron chi connectivity index (χ2n) is 1.93. The average molecular weight is 154 g/mol. The van der Waals surface area contributed by atoms with E-state index in [2.05, 4.69) is 10.1 Å². The Kier molecular flexibility index (Phi) is 1.17. The molecular weight excluding hydrogens is 148 g/mol. The Bertz CT molecular complexity index is 232. The second-order valence-corrected chi connectivity index (χ2v) is 3.02. The van der Waals surface area contributed by atoms with E-state index in [1.54, 1.807) is 16.8 Å². The molecule has 2 heterocycles. The van der Waals surface area contributed by atoms with Crippen LogP contribution in [0.5, 0.6) is 0 Å². The summed E-state index contributed by atoms with van der Waals surface area (Å²) in [4.78, 5) is 4.09. The maximum atomic E-state index is 4.09. The number of nitrogens with zero attached hydrogens (tertiary/aromatic N) is 4. The van der Waals surface area contributed by atoms with Gasteiger partial charge in [0, 0.05) is 13.3 Å². The Labute approximate surface area is 63.2 Å². The molecule has 0 N–H and O–H groups in total. The first-order chi connectivity index (χ1) is 4.86. The fourth-order valence-electron chi connectivity index (χ4n) is 0.762. The Morgan fingerprint density at radius 2 is 2.40 bits per heavy atom. The van der Waals surface area contributed by atoms with Gasteiger partial charge in [0.05, 0.1) is 24.5 Å². The van der Waals surface area contributed by atoms with Crippen LogP contribution in [0.25, 0.3) is 0 Å². The lowest BCUT2D eigenvalue weighted by molar-refractivity contribution is 0.621. The van der Waals surface area contributed by atoms with Crippen molar-refractivity contribution in [1.82, 2.24) is 8.72 Å². The topological polar surface area (TPSA) is 31.2 Å². The molecule has 10 heavy (non-hydrogen) atoms. The molecular formula is C5H6N4S. The largest absolute Gasteiger partial charge is 0.303 e. The fraction of sp³-hybridized carbons (Fsp3) is 0.200. The summed E-state index contributed by atoms with van der Waals surface area (Å²) in [6.07, 6.45) is 5.28. The van der Waals surface area contributed by atoms with Crippen molar-refractivity contribution < 1.29 is 0 Å². The van der Waals surface area contributed by atoms with Gasteiger partial charge in [0.15, 0.2) is 5.82 Å². The highest BCUT2D eigenvalue weighted by Crippen LogP contribution is 2.30. The maximum Gasteiger partial charge on any atom is 0.179 e. The summed E-state index contributed by atoms with van der Waals surface area (Å²) in [6.45, 7) is 0. The maximum absolute atomic E-state index is 4.09. The van der Waals surface area contributed by atoms with E-state index in [1.807, 2.05) is 17.6 Å². The normalized spacial score (nSPS) is 21.5. The van der Waals surface area contributed by atoms with Gasteiger partial charge >= 0.3 is 0 Å². The number of hydrogen-bond acceptors (Lipinski definition) is 5. The van der Waals surface area contributed by atoms with E-state index >= 15 is 0 Å². The van der Waals surface area contributed by atoms with Gasteiger partial charge in [0.1, 0.15) is 0 Å². The van der Waals surface area contributed by atoms with Crippen LogP contribution in [-0.4, -0.2) is 28.2 Å². The van der Waals surface area contributed by atoms with Gasteiger partial charge in [0.25, 0.3) is 0 Å². The molecule has 0 aromatic carbocycles. The Morgan fingerprint density at radius 3 is 3.20 bits per heavy atom. The monoisotopic (exact) mass is 154 g/mol. The Balaban J connectivity index is 2.29. The Hall–Kier alpha value is -0.970. The zero-order valence-corrected chi connectivity index (χ0v) is 6.25. The molecule has 0 unspecified atom stereocenters. The number of aliphatic imine (C=N–C) groups is 1. The van der Waals surface area contributed by atoms with Crippen LogP contribution >= 0.6 is 12.1 Å². The van der Waals surface area contributed by atoms with Crippen molar-refractivity contribution in [3.05, 3.63) is 12.0 Å². The fourth-order valence-corrected chi connectivity index (χ4v) is 1.42. The molecule has 2 rings (SSSR count). The highest BCUT2D eigenvalue weighted by molar-refractivity contribution is 7.95. The molecule has 0 saturated carbocycles. The minimum atomic E-state index is 0.884. The molecule has 0 aromatic heterocycles. The summed E-state index contributed by atoms with van der Waals surface area (Å²) in [5.41, 5.74) is 0. The van der Waals surface area contributed by atoms with Crippen molar-refractivity contribution >= 4 is 24.6 Å². The van der Waals surface area contributed by atoms with Crippen LogP contribution in [-0.2, 0) is 0 Å². The van der Waals surface area contributed by atoms with Crippen LogP contribution in [0.4, 0.5) is 0 Å². The van der Waals surface area contributed by atoms with Gasteiger partial charge in [0.2, 0.25) is 0 Å². The first-order valence-electron chi connectivity index (χ1n) is 2.86. The van der Waals surface area contributed by atoms with E-state index in [1.165, 1.54) is 12.1 Å². The van der Waals surface area contributed by atoms with Crippen LogP contribution in [0, 0.1) is 0 Å². The van der Waals surface area contributed by atoms with E-state index < -0.39 is 0 Å². The van der Waals surface area contributed by atoms with E-state index in [9.17, 15) is 0 Å². The SMILES string of the molecule is CN1C=C2N=CC=NN2S1. The molecule has 5 heteroatoms. The Morgan fingerprint density at radius 1 is 1.50 bits per heavy atom. The number of hydrogen-bond donors (Lipinski definition) is 0. The molecule has 0 aromatic rings. The lowest BCUT2D eigenvalue weighted by Gasteiger charge is -2.12. The third-order valence-corrected chi connectivity index (χ3v) is 1.94. The van der Waals surface area contributed by atoms with E-state index in [0.717, 1.165) is 5.82 Å². The summed E-state index contributed by atoms with van der Waals surface area (Å²) in [6, 6.07) is 0. The van der Waals surface area contributed by atoms with Gasteiger partial charge in [-0.3, -0.25) is 0 Å². The summed E-state index contributed by atoms with van der Waals surface area (Å²) in [7, 11) is 1.96. The lowest BCUT2D eigenvalue weighted by Crippen LogP contribution is -2.07. The first-order valence-corrected chi connectivity index (χ1v) is 3.59. The van der Waals surface area contributed by atoms with Gasteiger partial charge < -0.3 is 4.31 Å². The van der Waals surface area contributed by atoms with Gasteiger partial charge in [-0.25, -0.2) is 4.99 Å². The van der Waals surface area contributed by atoms with Crippen LogP contribution in [0.3, 0.4) is 0 Å². The summed E-state index contributed by atoms with van der Waals surface area (Å²) >= 11 is 1.51. The zero-order chi connectivity index (χ0) is 6.97. The standard InChI is InChI=1S/C5H6N4S/c1-8-4-5-6-2-3-7-9(5)10-8/h2-4H,1H3. The zero-order valence-electron chi connectivity index (χ0n) is 5.43. The highest BCUT2D eigenvalue weighted by atomic mass is 32.2. The van der Waals surface area contributed by atoms with E-state index in [4.69, 9.17) is 0 Å². The van der Waals surface area contributed by atoms with E-state index in [0.29, 0.717) is 0 Å². The molecule has 0 saturated heterocycles. The predicted molar refractivity (Wildman–Crippen MR) is 42.3 cm³/mol. The van der Waals surface area contributed by atoms with Crippen LogP contribution in [0.2, 0.25) is 0 Å². The van der Waals surface area contributed by atoms with Crippen LogP contribution < -0.4 is 0 Å². The quantitative estimate of drug-likeness (QED) is 0.480. The van der Waals surface area contributed by atoms with Crippen molar-refractivity contribution in [1.29, 1.82) is 0 Å². The van der Waals surface area contributed by atoms with E-state index in [-0.39, 0.29) is 0 Å². The molecule has 0 amide bonds. The van der Waals surface area contributed by atoms with Crippen molar-refractivity contribution in [2.45, 2.75) is 0 Å². The number of rotatable bonds is 0. The third kappa shape index (κ3) is 0.786. The second kappa shape index (κ2) is 2.02. The lowest BCUT2D eigenvalue weighted by atomic mass is 10.7. The van der Waals surface area contributed by atoms with Crippen molar-refractivity contribution in [3.8, 4) is 0 Å². The van der Waals surface area contributed by atoms with Gasteiger partial charge in [-0.15, -0.1) is 0 Å². The first kappa shape index (κ1) is 5.79. The minimum absolute atomic E-state index is 0.884. The van der Waals surface area contributed by atoms with Gasteiger partial charge in [-0.05, 0) is 0 Å².